The minimum Gasteiger partial charge on any atom is -0.393 e. The number of hydrogen-bond acceptors (Lipinski definition) is 5. The molecule has 0 aliphatic carbocycles. The van der Waals surface area contributed by atoms with Crippen molar-refractivity contribution in [2.45, 2.75) is 118 Å². The smallest absolute Gasteiger partial charge is 0.393 e. The first kappa shape index (κ1) is 30.5. The highest BCUT2D eigenvalue weighted by Gasteiger charge is 2.41. The molecule has 186 valence electrons. The second-order valence-corrected chi connectivity index (χ2v) is 11.9. The van der Waals surface area contributed by atoms with Crippen molar-refractivity contribution in [3.63, 3.8) is 0 Å². The van der Waals surface area contributed by atoms with Crippen LogP contribution in [0.2, 0.25) is 6.04 Å². The molecule has 0 aromatic heterocycles. The minimum absolute atomic E-state index is 0.0616. The molecule has 1 amide bonds. The fourth-order valence-corrected chi connectivity index (χ4v) is 6.61. The number of unbranched alkanes of at least 4 members (excludes halogenated alkanes) is 4. The summed E-state index contributed by atoms with van der Waals surface area (Å²) >= 11 is 0. The third-order valence-corrected chi connectivity index (χ3v) is 8.59. The quantitative estimate of drug-likeness (QED) is 0.175. The average molecular weight is 462 g/mol. The van der Waals surface area contributed by atoms with Crippen molar-refractivity contribution < 1.29 is 23.2 Å². The molecule has 2 N–H and O–H groups in total. The molecule has 0 rings (SSSR count). The molecule has 0 bridgehead atoms. The van der Waals surface area contributed by atoms with E-state index in [1.807, 2.05) is 20.8 Å². The number of carbonyl (C=O) groups excluding carboxylic acids is 1. The second kappa shape index (κ2) is 18.0. The summed E-state index contributed by atoms with van der Waals surface area (Å²) in [7, 11) is -2.65. The Morgan fingerprint density at radius 3 is 1.97 bits per heavy atom. The van der Waals surface area contributed by atoms with Crippen LogP contribution in [0.1, 0.15) is 106 Å². The number of rotatable bonds is 21. The highest BCUT2D eigenvalue weighted by atomic mass is 28.4. The SMILES string of the molecule is CCCCCCC(O)CCCCC(=O)NCC(C)(C)CC[Si](OCC)(OCC)OCC. The maximum Gasteiger partial charge on any atom is 0.500 e. The molecule has 31 heavy (non-hydrogen) atoms. The molecule has 6 nitrogen and oxygen atoms in total. The first-order valence-electron chi connectivity index (χ1n) is 12.6. The molecule has 0 radical (unpaired) electrons. The van der Waals surface area contributed by atoms with E-state index in [0.717, 1.165) is 44.6 Å². The van der Waals surface area contributed by atoms with E-state index in [1.54, 1.807) is 0 Å². The van der Waals surface area contributed by atoms with Crippen molar-refractivity contribution in [3.05, 3.63) is 0 Å². The van der Waals surface area contributed by atoms with Crippen molar-refractivity contribution >= 4 is 14.7 Å². The van der Waals surface area contributed by atoms with E-state index in [9.17, 15) is 9.90 Å². The predicted octanol–water partition coefficient (Wildman–Crippen LogP) is 5.46. The van der Waals surface area contributed by atoms with Gasteiger partial charge in [0.1, 0.15) is 0 Å². The van der Waals surface area contributed by atoms with E-state index in [4.69, 9.17) is 13.3 Å². The third-order valence-electron chi connectivity index (χ3n) is 5.55. The highest BCUT2D eigenvalue weighted by molar-refractivity contribution is 6.60. The Kier molecular flexibility index (Phi) is 17.7. The van der Waals surface area contributed by atoms with E-state index in [1.165, 1.54) is 19.3 Å². The van der Waals surface area contributed by atoms with Crippen LogP contribution in [0.4, 0.5) is 0 Å². The summed E-state index contributed by atoms with van der Waals surface area (Å²) in [6.07, 6.45) is 9.35. The number of amides is 1. The van der Waals surface area contributed by atoms with Gasteiger partial charge in [-0.1, -0.05) is 52.9 Å². The summed E-state index contributed by atoms with van der Waals surface area (Å²) in [5, 5.41) is 13.1. The first-order valence-corrected chi connectivity index (χ1v) is 14.5. The normalized spacial score (nSPS) is 13.4. The zero-order valence-electron chi connectivity index (χ0n) is 21.3. The zero-order valence-corrected chi connectivity index (χ0v) is 22.3. The Bertz CT molecular complexity index is 431. The molecule has 0 spiro atoms. The molecule has 0 aromatic carbocycles. The lowest BCUT2D eigenvalue weighted by molar-refractivity contribution is -0.121. The average Bonchev–Trinajstić information content (AvgIpc) is 2.72. The minimum atomic E-state index is -2.65. The predicted molar refractivity (Wildman–Crippen MR) is 130 cm³/mol. The standard InChI is InChI=1S/C24H51NO5Si/c1-7-11-12-13-16-22(26)17-14-15-18-23(27)25-21-24(5,6)19-20-31(28-8-2,29-9-3)30-10-4/h22,26H,7-21H2,1-6H3,(H,25,27). The second-order valence-electron chi connectivity index (χ2n) is 9.17. The lowest BCUT2D eigenvalue weighted by atomic mass is 9.90. The number of aliphatic hydroxyl groups excluding tert-OH is 1. The van der Waals surface area contributed by atoms with Crippen LogP contribution in [-0.2, 0) is 18.1 Å². The Hall–Kier alpha value is -0.473. The van der Waals surface area contributed by atoms with Gasteiger partial charge >= 0.3 is 8.80 Å². The van der Waals surface area contributed by atoms with Crippen LogP contribution in [0.5, 0.6) is 0 Å². The Morgan fingerprint density at radius 1 is 0.903 bits per heavy atom. The van der Waals surface area contributed by atoms with Gasteiger partial charge in [0.05, 0.1) is 6.10 Å². The fourth-order valence-electron chi connectivity index (χ4n) is 3.62. The van der Waals surface area contributed by atoms with E-state index >= 15 is 0 Å². The van der Waals surface area contributed by atoms with E-state index in [0.29, 0.717) is 32.8 Å². The molecule has 0 aliphatic rings. The lowest BCUT2D eigenvalue weighted by Crippen LogP contribution is -2.47. The molecular formula is C24H51NO5Si. The van der Waals surface area contributed by atoms with Crippen molar-refractivity contribution in [3.8, 4) is 0 Å². The van der Waals surface area contributed by atoms with Crippen LogP contribution in [0.25, 0.3) is 0 Å². The summed E-state index contributed by atoms with van der Waals surface area (Å²) in [5.41, 5.74) is -0.0616. The van der Waals surface area contributed by atoms with Gasteiger partial charge in [0.15, 0.2) is 0 Å². The lowest BCUT2D eigenvalue weighted by Gasteiger charge is -2.32. The van der Waals surface area contributed by atoms with Crippen molar-refractivity contribution in [1.29, 1.82) is 0 Å². The molecule has 0 heterocycles. The Labute approximate surface area is 193 Å². The topological polar surface area (TPSA) is 77.0 Å². The Morgan fingerprint density at radius 2 is 1.45 bits per heavy atom. The van der Waals surface area contributed by atoms with Crippen molar-refractivity contribution in [1.82, 2.24) is 5.32 Å². The maximum absolute atomic E-state index is 12.2. The molecule has 0 saturated carbocycles. The highest BCUT2D eigenvalue weighted by Crippen LogP contribution is 2.28. The van der Waals surface area contributed by atoms with E-state index in [2.05, 4.69) is 26.1 Å². The van der Waals surface area contributed by atoms with Gasteiger partial charge in [0.25, 0.3) is 0 Å². The van der Waals surface area contributed by atoms with E-state index < -0.39 is 8.80 Å². The first-order chi connectivity index (χ1) is 14.7. The molecule has 7 heteroatoms. The molecule has 1 unspecified atom stereocenters. The van der Waals surface area contributed by atoms with E-state index in [-0.39, 0.29) is 17.4 Å². The van der Waals surface area contributed by atoms with Gasteiger partial charge in [0, 0.05) is 38.8 Å². The number of carbonyl (C=O) groups is 1. The van der Waals surface area contributed by atoms with Crippen LogP contribution < -0.4 is 5.32 Å². The van der Waals surface area contributed by atoms with Crippen LogP contribution in [0.3, 0.4) is 0 Å². The number of aliphatic hydroxyl groups is 1. The number of hydrogen-bond donors (Lipinski definition) is 2. The summed E-state index contributed by atoms with van der Waals surface area (Å²) in [6, 6.07) is 0.752. The largest absolute Gasteiger partial charge is 0.500 e. The molecule has 0 saturated heterocycles. The summed E-state index contributed by atoms with van der Waals surface area (Å²) in [6.45, 7) is 14.8. The van der Waals surface area contributed by atoms with Gasteiger partial charge in [-0.25, -0.2) is 0 Å². The Balaban J connectivity index is 4.18. The van der Waals surface area contributed by atoms with Gasteiger partial charge in [-0.05, 0) is 51.9 Å². The van der Waals surface area contributed by atoms with Crippen molar-refractivity contribution in [2.24, 2.45) is 5.41 Å². The van der Waals surface area contributed by atoms with Crippen LogP contribution >= 0.6 is 0 Å². The molecule has 0 aromatic rings. The number of nitrogens with one attached hydrogen (secondary N) is 1. The molecular weight excluding hydrogens is 410 g/mol. The molecule has 0 aliphatic heterocycles. The van der Waals surface area contributed by atoms with Gasteiger partial charge < -0.3 is 23.7 Å². The summed E-state index contributed by atoms with van der Waals surface area (Å²) in [4.78, 5) is 12.2. The summed E-state index contributed by atoms with van der Waals surface area (Å²) < 4.78 is 17.8. The summed E-state index contributed by atoms with van der Waals surface area (Å²) in [5.74, 6) is 0.0912. The zero-order chi connectivity index (χ0) is 23.6. The maximum atomic E-state index is 12.2. The van der Waals surface area contributed by atoms with Crippen LogP contribution in [0.15, 0.2) is 0 Å². The van der Waals surface area contributed by atoms with Crippen LogP contribution in [0, 0.1) is 5.41 Å². The fraction of sp³-hybridized carbons (Fsp3) is 0.958. The molecule has 0 fully saturated rings. The van der Waals surface area contributed by atoms with Gasteiger partial charge in [-0.3, -0.25) is 4.79 Å². The van der Waals surface area contributed by atoms with Gasteiger partial charge in [-0.15, -0.1) is 0 Å². The third kappa shape index (κ3) is 15.9. The molecule has 1 atom stereocenters. The monoisotopic (exact) mass is 461 g/mol. The van der Waals surface area contributed by atoms with Crippen LogP contribution in [-0.4, -0.2) is 52.3 Å². The van der Waals surface area contributed by atoms with Gasteiger partial charge in [-0.2, -0.15) is 0 Å². The van der Waals surface area contributed by atoms with Crippen molar-refractivity contribution in [2.75, 3.05) is 26.4 Å². The van der Waals surface area contributed by atoms with Gasteiger partial charge in [0.2, 0.25) is 5.91 Å².